The molecule has 2 aliphatic rings. The molecular weight excluding hydrogens is 408 g/mol. The second-order valence-corrected chi connectivity index (χ2v) is 8.83. The molecular formula is C23H30N6O3. The normalized spacial score (nSPS) is 19.4. The molecule has 3 aromatic rings. The van der Waals surface area contributed by atoms with Gasteiger partial charge in [0.1, 0.15) is 5.75 Å². The highest BCUT2D eigenvalue weighted by Crippen LogP contribution is 2.27. The van der Waals surface area contributed by atoms with Crippen molar-refractivity contribution < 1.29 is 9.47 Å². The minimum absolute atomic E-state index is 0.0623. The molecule has 1 aromatic carbocycles. The average Bonchev–Trinajstić information content (AvgIpc) is 3.58. The van der Waals surface area contributed by atoms with Crippen molar-refractivity contribution in [3.8, 4) is 5.75 Å². The Labute approximate surface area is 186 Å². The van der Waals surface area contributed by atoms with Crippen LogP contribution < -0.4 is 10.3 Å². The van der Waals surface area contributed by atoms with Crippen molar-refractivity contribution in [3.05, 3.63) is 46.0 Å². The van der Waals surface area contributed by atoms with Crippen LogP contribution >= 0.6 is 0 Å². The number of methoxy groups -OCH3 is 1. The molecule has 1 aliphatic carbocycles. The number of aromatic nitrogens is 5. The summed E-state index contributed by atoms with van der Waals surface area (Å²) in [6, 6.07) is 8.17. The lowest BCUT2D eigenvalue weighted by molar-refractivity contribution is 0.0906. The predicted molar refractivity (Wildman–Crippen MR) is 119 cm³/mol. The quantitative estimate of drug-likeness (QED) is 0.577. The summed E-state index contributed by atoms with van der Waals surface area (Å²) in [5.41, 5.74) is 1.48. The lowest BCUT2D eigenvalue weighted by Crippen LogP contribution is -2.35. The van der Waals surface area contributed by atoms with Crippen molar-refractivity contribution in [1.82, 2.24) is 30.1 Å². The van der Waals surface area contributed by atoms with Crippen LogP contribution in [-0.4, -0.2) is 56.0 Å². The maximum Gasteiger partial charge on any atom is 0.252 e. The van der Waals surface area contributed by atoms with Crippen LogP contribution in [0.3, 0.4) is 0 Å². The Balaban J connectivity index is 1.39. The van der Waals surface area contributed by atoms with Crippen LogP contribution in [0.15, 0.2) is 29.1 Å². The van der Waals surface area contributed by atoms with Crippen LogP contribution in [0.4, 0.5) is 0 Å². The number of hydrogen-bond acceptors (Lipinski definition) is 7. The summed E-state index contributed by atoms with van der Waals surface area (Å²) in [6.07, 6.45) is 7.02. The summed E-state index contributed by atoms with van der Waals surface area (Å²) in [6.45, 7) is 2.67. The van der Waals surface area contributed by atoms with E-state index in [9.17, 15) is 4.79 Å². The highest BCUT2D eigenvalue weighted by molar-refractivity contribution is 5.80. The molecule has 1 atom stereocenters. The number of H-pyrrole nitrogens is 1. The molecule has 1 saturated heterocycles. The van der Waals surface area contributed by atoms with E-state index in [0.717, 1.165) is 60.3 Å². The number of aromatic amines is 1. The molecule has 0 spiro atoms. The Morgan fingerprint density at radius 3 is 2.84 bits per heavy atom. The molecule has 0 amide bonds. The van der Waals surface area contributed by atoms with Crippen LogP contribution in [0.2, 0.25) is 0 Å². The molecule has 170 valence electrons. The number of nitrogens with one attached hydrogen (secondary N) is 1. The Kier molecular flexibility index (Phi) is 6.18. The number of tetrazole rings is 1. The second-order valence-electron chi connectivity index (χ2n) is 8.83. The van der Waals surface area contributed by atoms with Gasteiger partial charge in [0.2, 0.25) is 0 Å². The molecule has 0 unspecified atom stereocenters. The molecule has 0 bridgehead atoms. The van der Waals surface area contributed by atoms with Crippen LogP contribution in [0.5, 0.6) is 5.75 Å². The predicted octanol–water partition coefficient (Wildman–Crippen LogP) is 2.65. The van der Waals surface area contributed by atoms with Gasteiger partial charge in [0.25, 0.3) is 5.56 Å². The standard InChI is InChI=1S/C23H30N6O3/c1-31-19-9-8-16-11-17(23(30)24-21(16)12-19)13-28(18-5-2-3-6-18)15-22-25-26-27-29(22)14-20-7-4-10-32-20/h8-9,11-12,18,20H,2-7,10,13-15H2,1H3,(H,24,30)/t20-/m0/s1. The first kappa shape index (κ1) is 21.1. The molecule has 1 N–H and O–H groups in total. The summed E-state index contributed by atoms with van der Waals surface area (Å²) < 4.78 is 12.9. The molecule has 1 aliphatic heterocycles. The number of rotatable bonds is 8. The van der Waals surface area contributed by atoms with Gasteiger partial charge >= 0.3 is 0 Å². The zero-order valence-electron chi connectivity index (χ0n) is 18.5. The van der Waals surface area contributed by atoms with Gasteiger partial charge in [-0.25, -0.2) is 4.68 Å². The molecule has 2 fully saturated rings. The summed E-state index contributed by atoms with van der Waals surface area (Å²) in [4.78, 5) is 18.3. The highest BCUT2D eigenvalue weighted by atomic mass is 16.5. The third kappa shape index (κ3) is 4.54. The van der Waals surface area contributed by atoms with Gasteiger partial charge in [0, 0.05) is 30.8 Å². The molecule has 3 heterocycles. The molecule has 5 rings (SSSR count). The minimum Gasteiger partial charge on any atom is -0.497 e. The third-order valence-corrected chi connectivity index (χ3v) is 6.70. The lowest BCUT2D eigenvalue weighted by Gasteiger charge is -2.28. The Morgan fingerprint density at radius 1 is 1.19 bits per heavy atom. The Bertz CT molecular complexity index is 1110. The van der Waals surface area contributed by atoms with Gasteiger partial charge in [0.15, 0.2) is 5.82 Å². The van der Waals surface area contributed by atoms with Gasteiger partial charge in [-0.2, -0.15) is 0 Å². The molecule has 9 heteroatoms. The molecule has 1 saturated carbocycles. The summed E-state index contributed by atoms with van der Waals surface area (Å²) in [5, 5.41) is 13.4. The van der Waals surface area contributed by atoms with Crippen LogP contribution in [0.1, 0.15) is 49.9 Å². The average molecular weight is 439 g/mol. The van der Waals surface area contributed by atoms with Crippen LogP contribution in [0, 0.1) is 0 Å². The van der Waals surface area contributed by atoms with Crippen molar-refractivity contribution in [2.24, 2.45) is 0 Å². The number of ether oxygens (including phenoxy) is 2. The maximum atomic E-state index is 12.9. The highest BCUT2D eigenvalue weighted by Gasteiger charge is 2.26. The fourth-order valence-electron chi connectivity index (χ4n) is 4.91. The van der Waals surface area contributed by atoms with Crippen molar-refractivity contribution in [2.75, 3.05) is 13.7 Å². The van der Waals surface area contributed by atoms with Crippen LogP contribution in [-0.2, 0) is 24.4 Å². The largest absolute Gasteiger partial charge is 0.497 e. The van der Waals surface area contributed by atoms with Crippen molar-refractivity contribution in [3.63, 3.8) is 0 Å². The van der Waals surface area contributed by atoms with E-state index < -0.39 is 0 Å². The van der Waals surface area contributed by atoms with Crippen molar-refractivity contribution in [2.45, 2.75) is 70.3 Å². The van der Waals surface area contributed by atoms with E-state index in [1.165, 1.54) is 12.8 Å². The van der Waals surface area contributed by atoms with E-state index in [4.69, 9.17) is 9.47 Å². The van der Waals surface area contributed by atoms with Gasteiger partial charge in [-0.3, -0.25) is 9.69 Å². The molecule has 2 aromatic heterocycles. The fraction of sp³-hybridized carbons (Fsp3) is 0.565. The number of hydrogen-bond donors (Lipinski definition) is 1. The van der Waals surface area contributed by atoms with E-state index >= 15 is 0 Å². The van der Waals surface area contributed by atoms with E-state index in [0.29, 0.717) is 25.7 Å². The second kappa shape index (κ2) is 9.38. The first-order valence-corrected chi connectivity index (χ1v) is 11.5. The number of benzene rings is 1. The van der Waals surface area contributed by atoms with Gasteiger partial charge < -0.3 is 14.5 Å². The monoisotopic (exact) mass is 438 g/mol. The van der Waals surface area contributed by atoms with E-state index in [1.807, 2.05) is 28.9 Å². The Hall–Kier alpha value is -2.78. The number of nitrogens with zero attached hydrogens (tertiary/aromatic N) is 5. The first-order valence-electron chi connectivity index (χ1n) is 11.5. The van der Waals surface area contributed by atoms with E-state index in [1.54, 1.807) is 7.11 Å². The van der Waals surface area contributed by atoms with Gasteiger partial charge in [-0.15, -0.1) is 5.10 Å². The summed E-state index contributed by atoms with van der Waals surface area (Å²) in [5.74, 6) is 1.56. The summed E-state index contributed by atoms with van der Waals surface area (Å²) in [7, 11) is 1.62. The first-order chi connectivity index (χ1) is 15.7. The number of pyridine rings is 1. The van der Waals surface area contributed by atoms with Gasteiger partial charge in [-0.1, -0.05) is 12.8 Å². The molecule has 0 radical (unpaired) electrons. The van der Waals surface area contributed by atoms with Crippen molar-refractivity contribution in [1.29, 1.82) is 0 Å². The zero-order valence-corrected chi connectivity index (χ0v) is 18.5. The van der Waals surface area contributed by atoms with E-state index in [2.05, 4.69) is 25.4 Å². The topological polar surface area (TPSA) is 98.2 Å². The molecule has 9 nitrogen and oxygen atoms in total. The lowest BCUT2D eigenvalue weighted by atomic mass is 10.1. The maximum absolute atomic E-state index is 12.9. The van der Waals surface area contributed by atoms with Gasteiger partial charge in [-0.05, 0) is 59.7 Å². The molecule has 32 heavy (non-hydrogen) atoms. The van der Waals surface area contributed by atoms with Gasteiger partial charge in [0.05, 0.1) is 31.8 Å². The van der Waals surface area contributed by atoms with Crippen molar-refractivity contribution >= 4 is 10.9 Å². The van der Waals surface area contributed by atoms with E-state index in [-0.39, 0.29) is 11.7 Å². The minimum atomic E-state index is -0.0623. The number of fused-ring (bicyclic) bond motifs is 1. The third-order valence-electron chi connectivity index (χ3n) is 6.70. The Morgan fingerprint density at radius 2 is 2.06 bits per heavy atom. The smallest absolute Gasteiger partial charge is 0.252 e. The summed E-state index contributed by atoms with van der Waals surface area (Å²) >= 11 is 0. The zero-order chi connectivity index (χ0) is 21.9. The van der Waals surface area contributed by atoms with Crippen LogP contribution in [0.25, 0.3) is 10.9 Å². The SMILES string of the molecule is COc1ccc2cc(CN(Cc3nnnn3C[C@@H]3CCCO3)C3CCCC3)c(=O)[nH]c2c1. The fourth-order valence-corrected chi connectivity index (χ4v) is 4.91.